The maximum Gasteiger partial charge on any atom is 0.255 e. The molecule has 1 aliphatic carbocycles. The van der Waals surface area contributed by atoms with Crippen LogP contribution in [0.4, 0.5) is 0 Å². The van der Waals surface area contributed by atoms with Gasteiger partial charge in [0.25, 0.3) is 5.91 Å². The molecular weight excluding hydrogens is 428 g/mol. The van der Waals surface area contributed by atoms with Crippen molar-refractivity contribution in [2.75, 3.05) is 13.7 Å². The van der Waals surface area contributed by atoms with Crippen molar-refractivity contribution in [3.8, 4) is 11.5 Å². The van der Waals surface area contributed by atoms with Crippen LogP contribution in [0.5, 0.6) is 11.5 Å². The van der Waals surface area contributed by atoms with Crippen LogP contribution in [0.2, 0.25) is 0 Å². The molecule has 6 heteroatoms. The van der Waals surface area contributed by atoms with E-state index in [-0.39, 0.29) is 18.6 Å². The quantitative estimate of drug-likeness (QED) is 0.499. The third kappa shape index (κ3) is 7.11. The van der Waals surface area contributed by atoms with Crippen LogP contribution in [0.1, 0.15) is 68.6 Å². The van der Waals surface area contributed by atoms with Gasteiger partial charge >= 0.3 is 0 Å². The normalized spacial score (nSPS) is 14.4. The average Bonchev–Trinajstić information content (AvgIpc) is 2.85. The first-order valence-electron chi connectivity index (χ1n) is 12.0. The summed E-state index contributed by atoms with van der Waals surface area (Å²) in [4.78, 5) is 26.3. The Kier molecular flexibility index (Phi) is 9.14. The second kappa shape index (κ2) is 12.3. The van der Waals surface area contributed by atoms with Crippen molar-refractivity contribution in [1.29, 1.82) is 0 Å². The number of hydrogen-bond acceptors (Lipinski definition) is 4. The highest BCUT2D eigenvalue weighted by Gasteiger charge is 2.24. The number of ether oxygens (including phenoxy) is 2. The summed E-state index contributed by atoms with van der Waals surface area (Å²) in [6.07, 6.45) is 9.09. The van der Waals surface area contributed by atoms with Crippen molar-refractivity contribution in [2.24, 2.45) is 5.73 Å². The molecular formula is C28H36N2O4. The molecule has 0 radical (unpaired) electrons. The zero-order chi connectivity index (χ0) is 24.5. The number of carbonyl (C=O) groups is 2. The van der Waals surface area contributed by atoms with E-state index in [1.54, 1.807) is 19.3 Å². The third-order valence-corrected chi connectivity index (χ3v) is 6.27. The van der Waals surface area contributed by atoms with E-state index >= 15 is 0 Å². The molecule has 0 aromatic heterocycles. The van der Waals surface area contributed by atoms with E-state index in [0.29, 0.717) is 24.0 Å². The maximum absolute atomic E-state index is 13.3. The lowest BCUT2D eigenvalue weighted by molar-refractivity contribution is -0.129. The molecule has 3 rings (SSSR count). The monoisotopic (exact) mass is 464 g/mol. The molecule has 1 saturated carbocycles. The molecule has 0 aliphatic heterocycles. The first-order chi connectivity index (χ1) is 16.4. The number of methoxy groups -OCH3 is 1. The minimum absolute atomic E-state index is 0.00728. The van der Waals surface area contributed by atoms with Gasteiger partial charge in [0, 0.05) is 18.7 Å². The molecule has 1 fully saturated rings. The van der Waals surface area contributed by atoms with Gasteiger partial charge in [0.15, 0.2) is 18.1 Å². The fraction of sp³-hybridized carbons (Fsp3) is 0.429. The molecule has 2 N–H and O–H groups in total. The van der Waals surface area contributed by atoms with Gasteiger partial charge in [-0.05, 0) is 53.7 Å². The fourth-order valence-electron chi connectivity index (χ4n) is 4.31. The summed E-state index contributed by atoms with van der Waals surface area (Å²) in [6, 6.07) is 14.1. The van der Waals surface area contributed by atoms with Crippen LogP contribution in [0.3, 0.4) is 0 Å². The predicted molar refractivity (Wildman–Crippen MR) is 135 cm³/mol. The van der Waals surface area contributed by atoms with E-state index in [2.05, 4.69) is 38.1 Å². The van der Waals surface area contributed by atoms with Crippen LogP contribution in [0.15, 0.2) is 48.5 Å². The molecule has 0 bridgehead atoms. The Bertz CT molecular complexity index is 992. The number of nitrogens with two attached hydrogens (primary N) is 1. The summed E-state index contributed by atoms with van der Waals surface area (Å²) < 4.78 is 10.9. The Labute approximate surface area is 202 Å². The summed E-state index contributed by atoms with van der Waals surface area (Å²) in [6.45, 7) is 4.60. The molecule has 0 atom stereocenters. The predicted octanol–water partition coefficient (Wildman–Crippen LogP) is 5.06. The summed E-state index contributed by atoms with van der Waals surface area (Å²) in [7, 11) is 1.55. The van der Waals surface area contributed by atoms with E-state index in [9.17, 15) is 9.59 Å². The third-order valence-electron chi connectivity index (χ3n) is 6.27. The van der Waals surface area contributed by atoms with Crippen molar-refractivity contribution >= 4 is 17.9 Å². The molecule has 2 amide bonds. The highest BCUT2D eigenvalue weighted by Crippen LogP contribution is 2.30. The lowest BCUT2D eigenvalue weighted by Gasteiger charge is -2.34. The number of rotatable bonds is 10. The minimum atomic E-state index is -0.550. The van der Waals surface area contributed by atoms with Gasteiger partial charge < -0.3 is 20.1 Å². The second-order valence-electron chi connectivity index (χ2n) is 9.15. The highest BCUT2D eigenvalue weighted by molar-refractivity contribution is 5.92. The zero-order valence-electron chi connectivity index (χ0n) is 20.5. The Balaban J connectivity index is 1.77. The first-order valence-corrected chi connectivity index (χ1v) is 12.0. The second-order valence-corrected chi connectivity index (χ2v) is 9.15. The SMILES string of the molecule is COc1cc(CN(C(=O)/C=C/c2ccc(C(C)C)cc2)C2CCCCC2)ccc1OCC(N)=O. The number of primary amides is 1. The Hall–Kier alpha value is -3.28. The van der Waals surface area contributed by atoms with Crippen LogP contribution < -0.4 is 15.2 Å². The Morgan fingerprint density at radius 2 is 1.76 bits per heavy atom. The minimum Gasteiger partial charge on any atom is -0.493 e. The number of carbonyl (C=O) groups excluding carboxylic acids is 2. The summed E-state index contributed by atoms with van der Waals surface area (Å²) in [5.41, 5.74) is 8.42. The lowest BCUT2D eigenvalue weighted by Crippen LogP contribution is -2.40. The number of amides is 2. The van der Waals surface area contributed by atoms with Crippen LogP contribution in [0.25, 0.3) is 6.08 Å². The molecule has 182 valence electrons. The van der Waals surface area contributed by atoms with Gasteiger partial charge in [0.1, 0.15) is 0 Å². The average molecular weight is 465 g/mol. The Morgan fingerprint density at radius 3 is 2.38 bits per heavy atom. The van der Waals surface area contributed by atoms with E-state index in [4.69, 9.17) is 15.2 Å². The van der Waals surface area contributed by atoms with Crippen molar-refractivity contribution in [3.63, 3.8) is 0 Å². The highest BCUT2D eigenvalue weighted by atomic mass is 16.5. The van der Waals surface area contributed by atoms with Crippen molar-refractivity contribution in [3.05, 3.63) is 65.2 Å². The molecule has 0 spiro atoms. The topological polar surface area (TPSA) is 81.9 Å². The van der Waals surface area contributed by atoms with Gasteiger partial charge in [-0.1, -0.05) is 63.4 Å². The zero-order valence-corrected chi connectivity index (χ0v) is 20.5. The standard InChI is InChI=1S/C28H36N2O4/c1-20(2)23-13-9-21(10-14-23)12-16-28(32)30(24-7-5-4-6-8-24)18-22-11-15-25(26(17-22)33-3)34-19-27(29)31/h9-17,20,24H,4-8,18-19H2,1-3H3,(H2,29,31)/b16-12+. The van der Waals surface area contributed by atoms with Crippen LogP contribution >= 0.6 is 0 Å². The van der Waals surface area contributed by atoms with E-state index in [1.807, 2.05) is 23.1 Å². The number of nitrogens with zero attached hydrogens (tertiary/aromatic N) is 1. The van der Waals surface area contributed by atoms with Gasteiger partial charge in [-0.15, -0.1) is 0 Å². The lowest BCUT2D eigenvalue weighted by atomic mass is 9.93. The molecule has 6 nitrogen and oxygen atoms in total. The van der Waals surface area contributed by atoms with Crippen LogP contribution in [-0.2, 0) is 16.1 Å². The van der Waals surface area contributed by atoms with Crippen LogP contribution in [0, 0.1) is 0 Å². The van der Waals surface area contributed by atoms with Gasteiger partial charge in [-0.3, -0.25) is 9.59 Å². The number of hydrogen-bond donors (Lipinski definition) is 1. The Morgan fingerprint density at radius 1 is 1.06 bits per heavy atom. The first kappa shape index (κ1) is 25.3. The van der Waals surface area contributed by atoms with Crippen molar-refractivity contribution < 1.29 is 19.1 Å². The smallest absolute Gasteiger partial charge is 0.255 e. The summed E-state index contributed by atoms with van der Waals surface area (Å²) >= 11 is 0. The largest absolute Gasteiger partial charge is 0.493 e. The molecule has 2 aromatic rings. The molecule has 34 heavy (non-hydrogen) atoms. The van der Waals surface area contributed by atoms with Crippen molar-refractivity contribution in [2.45, 2.75) is 64.5 Å². The van der Waals surface area contributed by atoms with E-state index in [0.717, 1.165) is 36.8 Å². The molecule has 0 heterocycles. The summed E-state index contributed by atoms with van der Waals surface area (Å²) in [5.74, 6) is 0.894. The van der Waals surface area contributed by atoms with E-state index in [1.165, 1.54) is 12.0 Å². The maximum atomic E-state index is 13.3. The van der Waals surface area contributed by atoms with Crippen molar-refractivity contribution in [1.82, 2.24) is 4.90 Å². The molecule has 0 unspecified atom stereocenters. The van der Waals surface area contributed by atoms with Gasteiger partial charge in [0.2, 0.25) is 5.91 Å². The molecule has 2 aromatic carbocycles. The van der Waals surface area contributed by atoms with Gasteiger partial charge in [-0.2, -0.15) is 0 Å². The molecule has 1 aliphatic rings. The fourth-order valence-corrected chi connectivity index (χ4v) is 4.31. The van der Waals surface area contributed by atoms with E-state index < -0.39 is 5.91 Å². The number of benzene rings is 2. The van der Waals surface area contributed by atoms with Gasteiger partial charge in [0.05, 0.1) is 7.11 Å². The van der Waals surface area contributed by atoms with Gasteiger partial charge in [-0.25, -0.2) is 0 Å². The molecule has 0 saturated heterocycles. The summed E-state index contributed by atoms with van der Waals surface area (Å²) in [5, 5.41) is 0. The van der Waals surface area contributed by atoms with Crippen LogP contribution in [-0.4, -0.2) is 36.5 Å².